The fraction of sp³-hybridized carbons (Fsp3) is 0.350. The Morgan fingerprint density at radius 2 is 1.79 bits per heavy atom. The predicted octanol–water partition coefficient (Wildman–Crippen LogP) is 2.75. The fourth-order valence-electron chi connectivity index (χ4n) is 3.27. The molecule has 0 atom stereocenters. The first-order valence-corrected chi connectivity index (χ1v) is 9.31. The van der Waals surface area contributed by atoms with Crippen molar-refractivity contribution in [3.05, 3.63) is 58.6 Å². The van der Waals surface area contributed by atoms with Gasteiger partial charge in [-0.1, -0.05) is 24.3 Å². The van der Waals surface area contributed by atoms with Crippen LogP contribution in [0.4, 0.5) is 17.1 Å². The zero-order valence-corrected chi connectivity index (χ0v) is 15.8. The molecule has 0 aliphatic carbocycles. The van der Waals surface area contributed by atoms with Crippen LogP contribution in [0.15, 0.2) is 48.5 Å². The van der Waals surface area contributed by atoms with Crippen molar-refractivity contribution < 1.29 is 14.5 Å². The van der Waals surface area contributed by atoms with E-state index in [1.165, 1.54) is 6.07 Å². The number of nitro benzene ring substituents is 1. The molecule has 1 amide bonds. The van der Waals surface area contributed by atoms with Crippen LogP contribution < -0.4 is 15.0 Å². The van der Waals surface area contributed by atoms with Crippen molar-refractivity contribution >= 4 is 23.0 Å². The number of carbonyl (C=O) groups excluding carboxylic acids is 1. The minimum absolute atomic E-state index is 0.104. The molecule has 1 fully saturated rings. The minimum atomic E-state index is -0.496. The first kappa shape index (κ1) is 19.6. The lowest BCUT2D eigenvalue weighted by Gasteiger charge is -2.36. The first-order valence-electron chi connectivity index (χ1n) is 9.31. The number of ether oxygens (including phenoxy) is 1. The zero-order chi connectivity index (χ0) is 19.9. The van der Waals surface area contributed by atoms with Crippen LogP contribution in [-0.4, -0.2) is 55.1 Å². The maximum absolute atomic E-state index is 12.3. The Morgan fingerprint density at radius 3 is 2.50 bits per heavy atom. The maximum atomic E-state index is 12.3. The Balaban J connectivity index is 1.55. The lowest BCUT2D eigenvalue weighted by atomic mass is 10.2. The molecule has 0 spiro atoms. The molecule has 0 bridgehead atoms. The largest absolute Gasteiger partial charge is 0.492 e. The molecule has 8 heteroatoms. The second-order valence-electron chi connectivity index (χ2n) is 6.49. The van der Waals surface area contributed by atoms with Gasteiger partial charge >= 0.3 is 0 Å². The van der Waals surface area contributed by atoms with Gasteiger partial charge in [0.05, 0.1) is 23.8 Å². The summed E-state index contributed by atoms with van der Waals surface area (Å²) >= 11 is 0. The number of nitrogens with one attached hydrogen (secondary N) is 1. The molecule has 2 aromatic carbocycles. The summed E-state index contributed by atoms with van der Waals surface area (Å²) in [6.07, 6.45) is 0. The number of para-hydroxylation sites is 4. The Kier molecular flexibility index (Phi) is 6.44. The molecule has 0 radical (unpaired) electrons. The molecule has 1 N–H and O–H groups in total. The van der Waals surface area contributed by atoms with Gasteiger partial charge in [-0.15, -0.1) is 0 Å². The Bertz CT molecular complexity index is 834. The average Bonchev–Trinajstić information content (AvgIpc) is 2.69. The summed E-state index contributed by atoms with van der Waals surface area (Å²) in [6, 6.07) is 14.1. The Morgan fingerprint density at radius 1 is 1.11 bits per heavy atom. The van der Waals surface area contributed by atoms with Crippen molar-refractivity contribution in [3.8, 4) is 5.75 Å². The SMILES string of the molecule is CCOc1ccccc1N1CCN(CC(=O)Nc2ccccc2[N+](=O)[O-])CC1. The third kappa shape index (κ3) is 4.77. The summed E-state index contributed by atoms with van der Waals surface area (Å²) in [6.45, 7) is 5.79. The molecule has 8 nitrogen and oxygen atoms in total. The third-order valence-corrected chi connectivity index (χ3v) is 4.62. The second kappa shape index (κ2) is 9.18. The number of hydrogen-bond acceptors (Lipinski definition) is 6. The van der Waals surface area contributed by atoms with Crippen LogP contribution in [0.5, 0.6) is 5.75 Å². The summed E-state index contributed by atoms with van der Waals surface area (Å²) in [5.41, 5.74) is 1.18. The van der Waals surface area contributed by atoms with Crippen LogP contribution >= 0.6 is 0 Å². The van der Waals surface area contributed by atoms with Gasteiger partial charge in [0.1, 0.15) is 11.4 Å². The van der Waals surface area contributed by atoms with E-state index in [1.54, 1.807) is 18.2 Å². The van der Waals surface area contributed by atoms with Gasteiger partial charge in [0.25, 0.3) is 5.69 Å². The van der Waals surface area contributed by atoms with Crippen molar-refractivity contribution in [2.75, 3.05) is 49.5 Å². The van der Waals surface area contributed by atoms with Crippen molar-refractivity contribution in [3.63, 3.8) is 0 Å². The second-order valence-corrected chi connectivity index (χ2v) is 6.49. The molecule has 2 aromatic rings. The van der Waals surface area contributed by atoms with Crippen molar-refractivity contribution in [1.82, 2.24) is 4.90 Å². The van der Waals surface area contributed by atoms with Crippen LogP contribution in [0.3, 0.4) is 0 Å². The van der Waals surface area contributed by atoms with Gasteiger partial charge in [-0.2, -0.15) is 0 Å². The van der Waals surface area contributed by atoms with Gasteiger partial charge in [-0.3, -0.25) is 19.8 Å². The number of rotatable bonds is 7. The molecule has 148 valence electrons. The van der Waals surface area contributed by atoms with Gasteiger partial charge in [-0.25, -0.2) is 0 Å². The number of amides is 1. The van der Waals surface area contributed by atoms with Gasteiger partial charge in [0.15, 0.2) is 0 Å². The van der Waals surface area contributed by atoms with Crippen LogP contribution in [0.1, 0.15) is 6.92 Å². The zero-order valence-electron chi connectivity index (χ0n) is 15.8. The molecular formula is C20H24N4O4. The van der Waals surface area contributed by atoms with Gasteiger partial charge in [-0.05, 0) is 25.1 Å². The molecule has 0 saturated carbocycles. The molecule has 1 saturated heterocycles. The lowest BCUT2D eigenvalue weighted by molar-refractivity contribution is -0.383. The summed E-state index contributed by atoms with van der Waals surface area (Å²) in [5.74, 6) is 0.616. The number of benzene rings is 2. The molecule has 0 unspecified atom stereocenters. The van der Waals surface area contributed by atoms with Crippen molar-refractivity contribution in [2.45, 2.75) is 6.92 Å². The number of anilines is 2. The fourth-order valence-corrected chi connectivity index (χ4v) is 3.27. The summed E-state index contributed by atoms with van der Waals surface area (Å²) < 4.78 is 5.70. The smallest absolute Gasteiger partial charge is 0.292 e. The number of nitro groups is 1. The molecule has 3 rings (SSSR count). The standard InChI is InChI=1S/C20H24N4O4/c1-2-28-19-10-6-5-9-18(19)23-13-11-22(12-14-23)15-20(25)21-16-7-3-4-8-17(16)24(26)27/h3-10H,2,11-15H2,1H3,(H,21,25). The molecule has 1 aliphatic rings. The maximum Gasteiger partial charge on any atom is 0.292 e. The summed E-state index contributed by atoms with van der Waals surface area (Å²) in [7, 11) is 0. The van der Waals surface area contributed by atoms with Crippen LogP contribution in [0.25, 0.3) is 0 Å². The number of nitrogens with zero attached hydrogens (tertiary/aromatic N) is 3. The number of carbonyl (C=O) groups is 1. The number of piperazine rings is 1. The van der Waals surface area contributed by atoms with Gasteiger partial charge in [0, 0.05) is 32.2 Å². The van der Waals surface area contributed by atoms with E-state index in [1.807, 2.05) is 36.1 Å². The van der Waals surface area contributed by atoms with Crippen LogP contribution in [0, 0.1) is 10.1 Å². The highest BCUT2D eigenvalue weighted by Crippen LogP contribution is 2.29. The Labute approximate surface area is 163 Å². The highest BCUT2D eigenvalue weighted by atomic mass is 16.6. The van der Waals surface area contributed by atoms with Crippen molar-refractivity contribution in [2.24, 2.45) is 0 Å². The topological polar surface area (TPSA) is 88.0 Å². The van der Waals surface area contributed by atoms with Crippen molar-refractivity contribution in [1.29, 1.82) is 0 Å². The van der Waals surface area contributed by atoms with Gasteiger partial charge < -0.3 is 15.0 Å². The molecular weight excluding hydrogens is 360 g/mol. The third-order valence-electron chi connectivity index (χ3n) is 4.62. The van der Waals surface area contributed by atoms with Crippen LogP contribution in [0.2, 0.25) is 0 Å². The highest BCUT2D eigenvalue weighted by molar-refractivity contribution is 5.94. The summed E-state index contributed by atoms with van der Waals surface area (Å²) in [4.78, 5) is 27.2. The molecule has 1 aliphatic heterocycles. The minimum Gasteiger partial charge on any atom is -0.492 e. The van der Waals surface area contributed by atoms with Gasteiger partial charge in [0.2, 0.25) is 5.91 Å². The van der Waals surface area contributed by atoms with E-state index in [0.29, 0.717) is 6.61 Å². The first-order chi connectivity index (χ1) is 13.6. The number of hydrogen-bond donors (Lipinski definition) is 1. The van der Waals surface area contributed by atoms with E-state index in [4.69, 9.17) is 4.74 Å². The van der Waals surface area contributed by atoms with Crippen LogP contribution in [-0.2, 0) is 4.79 Å². The average molecular weight is 384 g/mol. The predicted molar refractivity (Wildman–Crippen MR) is 108 cm³/mol. The highest BCUT2D eigenvalue weighted by Gasteiger charge is 2.22. The Hall–Kier alpha value is -3.13. The quantitative estimate of drug-likeness (QED) is 0.583. The van der Waals surface area contributed by atoms with E-state index < -0.39 is 4.92 Å². The lowest BCUT2D eigenvalue weighted by Crippen LogP contribution is -2.48. The monoisotopic (exact) mass is 384 g/mol. The normalized spacial score (nSPS) is 14.5. The molecule has 28 heavy (non-hydrogen) atoms. The van der Waals surface area contributed by atoms with E-state index >= 15 is 0 Å². The van der Waals surface area contributed by atoms with E-state index in [2.05, 4.69) is 10.2 Å². The molecule has 1 heterocycles. The summed E-state index contributed by atoms with van der Waals surface area (Å²) in [5, 5.41) is 13.7. The molecule has 0 aromatic heterocycles. The van der Waals surface area contributed by atoms with E-state index in [0.717, 1.165) is 37.6 Å². The van der Waals surface area contributed by atoms with E-state index in [9.17, 15) is 14.9 Å². The van der Waals surface area contributed by atoms with E-state index in [-0.39, 0.29) is 23.8 Å².